The predicted molar refractivity (Wildman–Crippen MR) is 76.0 cm³/mol. The van der Waals surface area contributed by atoms with Crippen molar-refractivity contribution < 1.29 is 4.79 Å². The molecule has 0 bridgehead atoms. The van der Waals surface area contributed by atoms with E-state index in [1.54, 1.807) is 11.3 Å². The van der Waals surface area contributed by atoms with Crippen molar-refractivity contribution in [1.29, 1.82) is 0 Å². The van der Waals surface area contributed by atoms with Gasteiger partial charge in [-0.05, 0) is 37.8 Å². The summed E-state index contributed by atoms with van der Waals surface area (Å²) in [6, 6.07) is 4.03. The molecule has 17 heavy (non-hydrogen) atoms. The van der Waals surface area contributed by atoms with E-state index in [-0.39, 0.29) is 24.4 Å². The van der Waals surface area contributed by atoms with Gasteiger partial charge >= 0.3 is 0 Å². The van der Waals surface area contributed by atoms with Gasteiger partial charge in [0.05, 0.1) is 6.04 Å². The maximum Gasteiger partial charge on any atom is 0.236 e. The molecule has 0 aliphatic heterocycles. The van der Waals surface area contributed by atoms with Crippen LogP contribution in [0.3, 0.4) is 0 Å². The summed E-state index contributed by atoms with van der Waals surface area (Å²) in [6.07, 6.45) is 1.97. The number of hydrogen-bond acceptors (Lipinski definition) is 3. The quantitative estimate of drug-likeness (QED) is 0.802. The summed E-state index contributed by atoms with van der Waals surface area (Å²) in [5, 5.41) is 8.16. The molecule has 1 unspecified atom stereocenters. The number of carbonyl (C=O) groups excluding carboxylic acids is 1. The minimum absolute atomic E-state index is 0. The molecule has 5 heteroatoms. The monoisotopic (exact) mass is 276 g/mol. The van der Waals surface area contributed by atoms with Crippen molar-refractivity contribution in [3.05, 3.63) is 22.4 Å². The van der Waals surface area contributed by atoms with Crippen LogP contribution in [0.25, 0.3) is 0 Å². The average Bonchev–Trinajstić information content (AvgIpc) is 2.78. The van der Waals surface area contributed by atoms with Crippen molar-refractivity contribution in [3.63, 3.8) is 0 Å². The van der Waals surface area contributed by atoms with Gasteiger partial charge in [-0.15, -0.1) is 23.7 Å². The Hall–Kier alpha value is -0.580. The molecule has 0 aliphatic carbocycles. The fraction of sp³-hybridized carbons (Fsp3) is 0.583. The van der Waals surface area contributed by atoms with Gasteiger partial charge in [-0.2, -0.15) is 0 Å². The second kappa shape index (κ2) is 9.45. The van der Waals surface area contributed by atoms with Gasteiger partial charge in [0, 0.05) is 11.4 Å². The summed E-state index contributed by atoms with van der Waals surface area (Å²) in [5.74, 6) is 0.0880. The number of rotatable bonds is 7. The Labute approximate surface area is 113 Å². The molecule has 3 nitrogen and oxygen atoms in total. The van der Waals surface area contributed by atoms with Crippen molar-refractivity contribution in [2.75, 3.05) is 13.1 Å². The van der Waals surface area contributed by atoms with Gasteiger partial charge in [-0.1, -0.05) is 13.0 Å². The van der Waals surface area contributed by atoms with Gasteiger partial charge < -0.3 is 10.6 Å². The molecule has 98 valence electrons. The smallest absolute Gasteiger partial charge is 0.236 e. The summed E-state index contributed by atoms with van der Waals surface area (Å²) in [4.78, 5) is 12.9. The minimum atomic E-state index is -0.0942. The van der Waals surface area contributed by atoms with Crippen molar-refractivity contribution >= 4 is 29.7 Å². The standard InChI is InChI=1S/C12H20N2OS.ClH/c1-3-7-13-10(2)12(15)14-8-6-11-5-4-9-16-11;/h4-5,9-10,13H,3,6-8H2,1-2H3,(H,14,15);1H. The predicted octanol–water partition coefficient (Wildman–Crippen LogP) is 2.22. The van der Waals surface area contributed by atoms with E-state index < -0.39 is 0 Å². The van der Waals surface area contributed by atoms with Crippen molar-refractivity contribution in [2.45, 2.75) is 32.7 Å². The molecule has 1 atom stereocenters. The Kier molecular flexibility index (Phi) is 9.13. The molecule has 1 rings (SSSR count). The van der Waals surface area contributed by atoms with Crippen LogP contribution in [0.1, 0.15) is 25.1 Å². The van der Waals surface area contributed by atoms with Gasteiger partial charge in [0.25, 0.3) is 0 Å². The molecule has 1 aromatic heterocycles. The van der Waals surface area contributed by atoms with Gasteiger partial charge in [0.15, 0.2) is 0 Å². The van der Waals surface area contributed by atoms with Crippen LogP contribution in [0.4, 0.5) is 0 Å². The first kappa shape index (κ1) is 16.4. The third-order valence-corrected chi connectivity index (χ3v) is 3.28. The van der Waals surface area contributed by atoms with Crippen LogP contribution >= 0.6 is 23.7 Å². The molecule has 0 spiro atoms. The maximum atomic E-state index is 11.6. The maximum absolute atomic E-state index is 11.6. The Bertz CT molecular complexity index is 303. The molecule has 0 saturated carbocycles. The SMILES string of the molecule is CCCNC(C)C(=O)NCCc1cccs1.Cl. The van der Waals surface area contributed by atoms with E-state index in [9.17, 15) is 4.79 Å². The summed E-state index contributed by atoms with van der Waals surface area (Å²) in [5.41, 5.74) is 0. The summed E-state index contributed by atoms with van der Waals surface area (Å²) in [7, 11) is 0. The molecular formula is C12H21ClN2OS. The Balaban J connectivity index is 0.00000256. The highest BCUT2D eigenvalue weighted by Gasteiger charge is 2.10. The number of amides is 1. The van der Waals surface area contributed by atoms with Crippen LogP contribution in [0.15, 0.2) is 17.5 Å². The second-order valence-corrected chi connectivity index (χ2v) is 4.83. The molecule has 0 aliphatic rings. The van der Waals surface area contributed by atoms with E-state index in [2.05, 4.69) is 29.0 Å². The highest BCUT2D eigenvalue weighted by molar-refractivity contribution is 7.09. The van der Waals surface area contributed by atoms with Crippen LogP contribution in [0.2, 0.25) is 0 Å². The molecule has 1 aromatic rings. The Morgan fingerprint density at radius 1 is 1.47 bits per heavy atom. The fourth-order valence-corrected chi connectivity index (χ4v) is 2.08. The van der Waals surface area contributed by atoms with Crippen LogP contribution in [0, 0.1) is 0 Å². The first-order valence-electron chi connectivity index (χ1n) is 5.77. The number of hydrogen-bond donors (Lipinski definition) is 2. The van der Waals surface area contributed by atoms with Crippen LogP contribution in [-0.2, 0) is 11.2 Å². The molecular weight excluding hydrogens is 256 g/mol. The second-order valence-electron chi connectivity index (χ2n) is 3.80. The summed E-state index contributed by atoms with van der Waals surface area (Å²) < 4.78 is 0. The minimum Gasteiger partial charge on any atom is -0.354 e. The molecule has 1 heterocycles. The largest absolute Gasteiger partial charge is 0.354 e. The van der Waals surface area contributed by atoms with Crippen molar-refractivity contribution in [1.82, 2.24) is 10.6 Å². The van der Waals surface area contributed by atoms with E-state index >= 15 is 0 Å². The Morgan fingerprint density at radius 3 is 2.82 bits per heavy atom. The molecule has 2 N–H and O–H groups in total. The third kappa shape index (κ3) is 6.66. The topological polar surface area (TPSA) is 41.1 Å². The number of thiophene rings is 1. The lowest BCUT2D eigenvalue weighted by Crippen LogP contribution is -2.42. The van der Waals surface area contributed by atoms with Gasteiger partial charge in [0.2, 0.25) is 5.91 Å². The van der Waals surface area contributed by atoms with Crippen LogP contribution in [-0.4, -0.2) is 25.0 Å². The Morgan fingerprint density at radius 2 is 2.24 bits per heavy atom. The van der Waals surface area contributed by atoms with Crippen LogP contribution < -0.4 is 10.6 Å². The van der Waals surface area contributed by atoms with E-state index in [1.165, 1.54) is 4.88 Å². The molecule has 0 aromatic carbocycles. The average molecular weight is 277 g/mol. The summed E-state index contributed by atoms with van der Waals surface area (Å²) >= 11 is 1.73. The van der Waals surface area contributed by atoms with Crippen LogP contribution in [0.5, 0.6) is 0 Å². The highest BCUT2D eigenvalue weighted by atomic mass is 35.5. The zero-order valence-corrected chi connectivity index (χ0v) is 12.0. The molecule has 0 fully saturated rings. The normalized spacial score (nSPS) is 11.6. The van der Waals surface area contributed by atoms with Gasteiger partial charge in [-0.3, -0.25) is 4.79 Å². The van der Waals surface area contributed by atoms with Gasteiger partial charge in [-0.25, -0.2) is 0 Å². The van der Waals surface area contributed by atoms with Crippen molar-refractivity contribution in [2.24, 2.45) is 0 Å². The third-order valence-electron chi connectivity index (χ3n) is 2.34. The zero-order chi connectivity index (χ0) is 11.8. The number of nitrogens with one attached hydrogen (secondary N) is 2. The first-order chi connectivity index (χ1) is 7.74. The molecule has 0 saturated heterocycles. The fourth-order valence-electron chi connectivity index (χ4n) is 1.37. The summed E-state index contributed by atoms with van der Waals surface area (Å²) in [6.45, 7) is 5.60. The zero-order valence-electron chi connectivity index (χ0n) is 10.4. The number of carbonyl (C=O) groups is 1. The molecule has 0 radical (unpaired) electrons. The first-order valence-corrected chi connectivity index (χ1v) is 6.65. The lowest BCUT2D eigenvalue weighted by atomic mass is 10.3. The lowest BCUT2D eigenvalue weighted by Gasteiger charge is -2.12. The van der Waals surface area contributed by atoms with E-state index in [1.807, 2.05) is 13.0 Å². The highest BCUT2D eigenvalue weighted by Crippen LogP contribution is 2.07. The van der Waals surface area contributed by atoms with E-state index in [0.29, 0.717) is 0 Å². The van der Waals surface area contributed by atoms with Gasteiger partial charge in [0.1, 0.15) is 0 Å². The van der Waals surface area contributed by atoms with Crippen molar-refractivity contribution in [3.8, 4) is 0 Å². The number of halogens is 1. The molecule has 1 amide bonds. The lowest BCUT2D eigenvalue weighted by molar-refractivity contribution is -0.122. The van der Waals surface area contributed by atoms with E-state index in [4.69, 9.17) is 0 Å². The van der Waals surface area contributed by atoms with E-state index in [0.717, 1.165) is 25.9 Å².